The number of nitrogens with zero attached hydrogens (tertiary/aromatic N) is 4. The lowest BCUT2D eigenvalue weighted by molar-refractivity contribution is 0.0697. The van der Waals surface area contributed by atoms with E-state index in [9.17, 15) is 4.79 Å². The number of hydrogen-bond acceptors (Lipinski definition) is 3. The third-order valence-corrected chi connectivity index (χ3v) is 2.56. The fourth-order valence-corrected chi connectivity index (χ4v) is 1.81. The van der Waals surface area contributed by atoms with Crippen LogP contribution in [-0.4, -0.2) is 30.4 Å². The molecule has 0 amide bonds. The smallest absolute Gasteiger partial charge is 0.339 e. The van der Waals surface area contributed by atoms with Gasteiger partial charge in [-0.15, -0.1) is 0 Å². The van der Waals surface area contributed by atoms with Gasteiger partial charge in [0.15, 0.2) is 5.15 Å². The molecule has 16 heavy (non-hydrogen) atoms. The van der Waals surface area contributed by atoms with Gasteiger partial charge in [-0.2, -0.15) is 5.10 Å². The number of rotatable bonds is 2. The molecule has 0 aliphatic carbocycles. The quantitative estimate of drug-likeness (QED) is 0.855. The predicted molar refractivity (Wildman–Crippen MR) is 57.4 cm³/mol. The summed E-state index contributed by atoms with van der Waals surface area (Å²) in [7, 11) is 3.40. The highest BCUT2D eigenvalue weighted by Crippen LogP contribution is 2.28. The van der Waals surface area contributed by atoms with E-state index in [4.69, 9.17) is 16.7 Å². The highest BCUT2D eigenvalue weighted by Gasteiger charge is 2.21. The molecule has 0 unspecified atom stereocenters. The number of aromatic nitrogens is 4. The third kappa shape index (κ3) is 1.47. The van der Waals surface area contributed by atoms with Gasteiger partial charge in [-0.25, -0.2) is 9.78 Å². The van der Waals surface area contributed by atoms with Crippen LogP contribution in [0.3, 0.4) is 0 Å². The van der Waals surface area contributed by atoms with Crippen molar-refractivity contribution in [1.29, 1.82) is 0 Å². The number of carbonyl (C=O) groups is 1. The van der Waals surface area contributed by atoms with Crippen molar-refractivity contribution in [1.82, 2.24) is 19.3 Å². The van der Waals surface area contributed by atoms with Crippen LogP contribution in [0.1, 0.15) is 10.4 Å². The molecule has 0 aromatic carbocycles. The van der Waals surface area contributed by atoms with E-state index in [1.165, 1.54) is 17.2 Å². The van der Waals surface area contributed by atoms with Crippen LogP contribution in [0.4, 0.5) is 0 Å². The molecular weight excluding hydrogens is 232 g/mol. The van der Waals surface area contributed by atoms with E-state index in [1.807, 2.05) is 0 Å². The summed E-state index contributed by atoms with van der Waals surface area (Å²) >= 11 is 5.92. The van der Waals surface area contributed by atoms with E-state index in [0.29, 0.717) is 11.4 Å². The summed E-state index contributed by atoms with van der Waals surface area (Å²) in [5.74, 6) is -1.04. The minimum atomic E-state index is -1.04. The maximum absolute atomic E-state index is 11.0. The lowest BCUT2D eigenvalue weighted by atomic mass is 10.2. The summed E-state index contributed by atoms with van der Waals surface area (Å²) in [6, 6.07) is 0. The Balaban J connectivity index is 2.73. The van der Waals surface area contributed by atoms with Crippen LogP contribution in [0.25, 0.3) is 11.4 Å². The molecule has 2 aromatic heterocycles. The van der Waals surface area contributed by atoms with Crippen LogP contribution < -0.4 is 0 Å². The zero-order chi connectivity index (χ0) is 11.9. The van der Waals surface area contributed by atoms with E-state index in [-0.39, 0.29) is 10.7 Å². The van der Waals surface area contributed by atoms with Crippen LogP contribution in [0, 0.1) is 0 Å². The van der Waals surface area contributed by atoms with Crippen molar-refractivity contribution < 1.29 is 9.90 Å². The molecular formula is C9H9ClN4O2. The van der Waals surface area contributed by atoms with E-state index in [2.05, 4.69) is 10.1 Å². The van der Waals surface area contributed by atoms with Gasteiger partial charge in [0.1, 0.15) is 17.0 Å². The molecule has 0 aliphatic heterocycles. The molecule has 0 atom stereocenters. The lowest BCUT2D eigenvalue weighted by Gasteiger charge is -2.05. The highest BCUT2D eigenvalue weighted by molar-refractivity contribution is 6.32. The van der Waals surface area contributed by atoms with Crippen LogP contribution in [-0.2, 0) is 14.1 Å². The van der Waals surface area contributed by atoms with Crippen LogP contribution in [0.15, 0.2) is 12.5 Å². The van der Waals surface area contributed by atoms with Gasteiger partial charge in [0.05, 0.1) is 12.5 Å². The minimum absolute atomic E-state index is 0.105. The fraction of sp³-hybridized carbons (Fsp3) is 0.222. The molecule has 6 nitrogen and oxygen atoms in total. The number of aromatic carboxylic acids is 1. The average Bonchev–Trinajstić information content (AvgIpc) is 2.71. The maximum atomic E-state index is 11.0. The Labute approximate surface area is 96.1 Å². The van der Waals surface area contributed by atoms with Crippen molar-refractivity contribution in [2.75, 3.05) is 0 Å². The van der Waals surface area contributed by atoms with Gasteiger partial charge in [0.25, 0.3) is 0 Å². The Hall–Kier alpha value is -1.82. The van der Waals surface area contributed by atoms with E-state index >= 15 is 0 Å². The van der Waals surface area contributed by atoms with Gasteiger partial charge in [-0.3, -0.25) is 4.68 Å². The molecule has 1 N–H and O–H groups in total. The number of halogens is 1. The maximum Gasteiger partial charge on any atom is 0.339 e. The summed E-state index contributed by atoms with van der Waals surface area (Å²) in [5.41, 5.74) is 1.09. The number of carboxylic acids is 1. The van der Waals surface area contributed by atoms with E-state index in [1.54, 1.807) is 18.7 Å². The van der Waals surface area contributed by atoms with Crippen LogP contribution >= 0.6 is 11.6 Å². The second-order valence-corrected chi connectivity index (χ2v) is 3.69. The molecule has 0 radical (unpaired) electrons. The monoisotopic (exact) mass is 240 g/mol. The van der Waals surface area contributed by atoms with E-state index < -0.39 is 5.97 Å². The summed E-state index contributed by atoms with van der Waals surface area (Å²) in [5, 5.41) is 13.2. The number of imidazole rings is 1. The third-order valence-electron chi connectivity index (χ3n) is 2.29. The molecule has 0 saturated heterocycles. The molecule has 2 rings (SSSR count). The highest BCUT2D eigenvalue weighted by atomic mass is 35.5. The first-order valence-electron chi connectivity index (χ1n) is 4.45. The number of hydrogen-bond donors (Lipinski definition) is 1. The Morgan fingerprint density at radius 2 is 2.12 bits per heavy atom. The first-order valence-corrected chi connectivity index (χ1v) is 4.82. The van der Waals surface area contributed by atoms with Crippen molar-refractivity contribution in [3.63, 3.8) is 0 Å². The fourth-order valence-electron chi connectivity index (χ4n) is 1.54. The molecule has 7 heteroatoms. The molecule has 0 saturated carbocycles. The summed E-state index contributed by atoms with van der Waals surface area (Å²) in [6.07, 6.45) is 2.82. The summed E-state index contributed by atoms with van der Waals surface area (Å²) in [4.78, 5) is 14.9. The molecule has 2 aromatic rings. The molecule has 0 fully saturated rings. The van der Waals surface area contributed by atoms with Crippen molar-refractivity contribution in [3.8, 4) is 11.4 Å². The Morgan fingerprint density at radius 1 is 1.44 bits per heavy atom. The van der Waals surface area contributed by atoms with Gasteiger partial charge < -0.3 is 9.67 Å². The minimum Gasteiger partial charge on any atom is -0.478 e. The van der Waals surface area contributed by atoms with Crippen molar-refractivity contribution in [2.24, 2.45) is 14.1 Å². The van der Waals surface area contributed by atoms with Gasteiger partial charge >= 0.3 is 5.97 Å². The van der Waals surface area contributed by atoms with Gasteiger partial charge in [-0.1, -0.05) is 11.6 Å². The van der Waals surface area contributed by atoms with E-state index in [0.717, 1.165) is 0 Å². The first kappa shape index (κ1) is 10.7. The van der Waals surface area contributed by atoms with Crippen LogP contribution in [0.2, 0.25) is 5.15 Å². The SMILES string of the molecule is Cn1cnc(Cl)c1-c1c(C(=O)O)cnn1C. The second-order valence-electron chi connectivity index (χ2n) is 3.33. The molecule has 84 valence electrons. The molecule has 0 aliphatic rings. The molecule has 2 heterocycles. The van der Waals surface area contributed by atoms with Gasteiger partial charge in [0, 0.05) is 14.1 Å². The van der Waals surface area contributed by atoms with Gasteiger partial charge in [-0.05, 0) is 0 Å². The summed E-state index contributed by atoms with van der Waals surface area (Å²) < 4.78 is 3.12. The summed E-state index contributed by atoms with van der Waals surface area (Å²) in [6.45, 7) is 0. The van der Waals surface area contributed by atoms with Crippen molar-refractivity contribution in [2.45, 2.75) is 0 Å². The van der Waals surface area contributed by atoms with Crippen molar-refractivity contribution in [3.05, 3.63) is 23.2 Å². The standard InChI is InChI=1S/C9H9ClN4O2/c1-13-4-11-8(10)7(13)6-5(9(15)16)3-12-14(6)2/h3-4H,1-2H3,(H,15,16). The Morgan fingerprint density at radius 3 is 2.62 bits per heavy atom. The Bertz CT molecular complexity index is 538. The first-order chi connectivity index (χ1) is 7.52. The number of aryl methyl sites for hydroxylation is 2. The zero-order valence-corrected chi connectivity index (χ0v) is 9.43. The molecule has 0 spiro atoms. The average molecular weight is 241 g/mol. The Kier molecular flexibility index (Phi) is 2.43. The lowest BCUT2D eigenvalue weighted by Crippen LogP contribution is -2.03. The van der Waals surface area contributed by atoms with Crippen LogP contribution in [0.5, 0.6) is 0 Å². The second kappa shape index (κ2) is 3.64. The van der Waals surface area contributed by atoms with Crippen molar-refractivity contribution >= 4 is 17.6 Å². The molecule has 0 bridgehead atoms. The largest absolute Gasteiger partial charge is 0.478 e. The normalized spacial score (nSPS) is 10.7. The topological polar surface area (TPSA) is 72.9 Å². The number of carboxylic acid groups (broad SMARTS) is 1. The zero-order valence-electron chi connectivity index (χ0n) is 8.68. The predicted octanol–water partition coefficient (Wildman–Crippen LogP) is 1.17. The van der Waals surface area contributed by atoms with Gasteiger partial charge in [0.2, 0.25) is 0 Å².